The van der Waals surface area contributed by atoms with Crippen molar-refractivity contribution in [3.63, 3.8) is 0 Å². The highest BCUT2D eigenvalue weighted by molar-refractivity contribution is 5.02. The minimum absolute atomic E-state index is 0.297. The smallest absolute Gasteiger partial charge is 0.0433 e. The van der Waals surface area contributed by atoms with E-state index in [-0.39, 0.29) is 0 Å². The zero-order valence-corrected chi connectivity index (χ0v) is 10.1. The van der Waals surface area contributed by atoms with Crippen molar-refractivity contribution in [1.29, 1.82) is 0 Å². The van der Waals surface area contributed by atoms with E-state index in [1.807, 2.05) is 0 Å². The Morgan fingerprint density at radius 1 is 0.800 bits per heavy atom. The third-order valence-electron chi connectivity index (χ3n) is 2.39. The first-order valence-electron chi connectivity index (χ1n) is 6.34. The van der Waals surface area contributed by atoms with Gasteiger partial charge >= 0.3 is 0 Å². The standard InChI is InChI=1S/C14H26O/c1-2-3-4-5-6-7-8-9-10-11-12-13-14-15/h8-11,15H,2-7,12-14H2,1H3/b9-8+,11-10+. The molecule has 0 heterocycles. The van der Waals surface area contributed by atoms with Crippen molar-refractivity contribution in [3.05, 3.63) is 24.3 Å². The Labute approximate surface area is 94.9 Å². The van der Waals surface area contributed by atoms with E-state index in [0.717, 1.165) is 12.8 Å². The predicted octanol–water partition coefficient (Wildman–Crippen LogP) is 4.23. The van der Waals surface area contributed by atoms with Crippen molar-refractivity contribution in [2.45, 2.75) is 58.3 Å². The molecule has 0 unspecified atom stereocenters. The summed E-state index contributed by atoms with van der Waals surface area (Å²) in [5, 5.41) is 8.56. The zero-order valence-electron chi connectivity index (χ0n) is 10.1. The summed E-state index contributed by atoms with van der Waals surface area (Å²) in [7, 11) is 0. The SMILES string of the molecule is CCCCCCC/C=C/C=C/CCCO. The molecule has 0 radical (unpaired) electrons. The van der Waals surface area contributed by atoms with Gasteiger partial charge in [-0.25, -0.2) is 0 Å². The molecule has 0 rings (SSSR count). The van der Waals surface area contributed by atoms with Gasteiger partial charge in [0.25, 0.3) is 0 Å². The van der Waals surface area contributed by atoms with E-state index in [0.29, 0.717) is 6.61 Å². The average Bonchev–Trinajstić information content (AvgIpc) is 2.26. The van der Waals surface area contributed by atoms with E-state index < -0.39 is 0 Å². The minimum atomic E-state index is 0.297. The van der Waals surface area contributed by atoms with Crippen molar-refractivity contribution in [2.75, 3.05) is 6.61 Å². The molecule has 0 aliphatic rings. The minimum Gasteiger partial charge on any atom is -0.396 e. The van der Waals surface area contributed by atoms with Gasteiger partial charge in [0.2, 0.25) is 0 Å². The number of hydrogen-bond acceptors (Lipinski definition) is 1. The molecule has 0 aliphatic heterocycles. The summed E-state index contributed by atoms with van der Waals surface area (Å²) in [4.78, 5) is 0. The fourth-order valence-corrected chi connectivity index (χ4v) is 1.42. The second-order valence-corrected chi connectivity index (χ2v) is 3.93. The lowest BCUT2D eigenvalue weighted by atomic mass is 10.1. The van der Waals surface area contributed by atoms with Crippen LogP contribution in [-0.4, -0.2) is 11.7 Å². The first-order valence-corrected chi connectivity index (χ1v) is 6.34. The predicted molar refractivity (Wildman–Crippen MR) is 68.0 cm³/mol. The second kappa shape index (κ2) is 13.4. The summed E-state index contributed by atoms with van der Waals surface area (Å²) in [6.07, 6.45) is 18.4. The molecule has 0 amide bonds. The molecular formula is C14H26O. The Kier molecular flexibility index (Phi) is 12.9. The third kappa shape index (κ3) is 13.4. The molecule has 0 aliphatic carbocycles. The van der Waals surface area contributed by atoms with Gasteiger partial charge in [-0.2, -0.15) is 0 Å². The summed E-state index contributed by atoms with van der Waals surface area (Å²) in [6, 6.07) is 0. The van der Waals surface area contributed by atoms with Crippen LogP contribution < -0.4 is 0 Å². The van der Waals surface area contributed by atoms with Gasteiger partial charge in [-0.3, -0.25) is 0 Å². The van der Waals surface area contributed by atoms with Crippen LogP contribution in [0.4, 0.5) is 0 Å². The number of aliphatic hydroxyl groups is 1. The van der Waals surface area contributed by atoms with Crippen molar-refractivity contribution < 1.29 is 5.11 Å². The van der Waals surface area contributed by atoms with Gasteiger partial charge in [0, 0.05) is 6.61 Å². The van der Waals surface area contributed by atoms with Crippen LogP contribution in [0.5, 0.6) is 0 Å². The molecule has 0 aromatic rings. The molecule has 15 heavy (non-hydrogen) atoms. The van der Waals surface area contributed by atoms with Gasteiger partial charge in [-0.15, -0.1) is 0 Å². The quantitative estimate of drug-likeness (QED) is 0.422. The van der Waals surface area contributed by atoms with Crippen LogP contribution in [0, 0.1) is 0 Å². The Morgan fingerprint density at radius 2 is 1.40 bits per heavy atom. The molecule has 0 fully saturated rings. The van der Waals surface area contributed by atoms with Gasteiger partial charge in [-0.1, -0.05) is 56.9 Å². The van der Waals surface area contributed by atoms with Crippen LogP contribution in [0.15, 0.2) is 24.3 Å². The van der Waals surface area contributed by atoms with E-state index in [1.54, 1.807) is 0 Å². The molecule has 1 N–H and O–H groups in total. The van der Waals surface area contributed by atoms with E-state index >= 15 is 0 Å². The number of unbranched alkanes of at least 4 members (excludes halogenated alkanes) is 6. The fraction of sp³-hybridized carbons (Fsp3) is 0.714. The van der Waals surface area contributed by atoms with Gasteiger partial charge in [0.1, 0.15) is 0 Å². The number of aliphatic hydroxyl groups excluding tert-OH is 1. The first-order chi connectivity index (χ1) is 7.41. The molecule has 0 aromatic carbocycles. The maximum Gasteiger partial charge on any atom is 0.0433 e. The van der Waals surface area contributed by atoms with E-state index in [2.05, 4.69) is 31.2 Å². The normalized spacial score (nSPS) is 11.9. The van der Waals surface area contributed by atoms with Gasteiger partial charge < -0.3 is 5.11 Å². The maximum atomic E-state index is 8.56. The Hall–Kier alpha value is -0.560. The van der Waals surface area contributed by atoms with Crippen LogP contribution in [0.1, 0.15) is 58.3 Å². The molecule has 0 saturated heterocycles. The van der Waals surface area contributed by atoms with Gasteiger partial charge in [0.15, 0.2) is 0 Å². The van der Waals surface area contributed by atoms with Crippen LogP contribution in [0.25, 0.3) is 0 Å². The lowest BCUT2D eigenvalue weighted by molar-refractivity contribution is 0.289. The second-order valence-electron chi connectivity index (χ2n) is 3.93. The Morgan fingerprint density at radius 3 is 2.00 bits per heavy atom. The lowest BCUT2D eigenvalue weighted by Gasteiger charge is -1.95. The number of allylic oxidation sites excluding steroid dienone is 4. The van der Waals surface area contributed by atoms with Crippen molar-refractivity contribution in [3.8, 4) is 0 Å². The summed E-state index contributed by atoms with van der Waals surface area (Å²) in [6.45, 7) is 2.54. The van der Waals surface area contributed by atoms with E-state index in [1.165, 1.54) is 38.5 Å². The molecule has 88 valence electrons. The van der Waals surface area contributed by atoms with Gasteiger partial charge in [0.05, 0.1) is 0 Å². The number of hydrogen-bond donors (Lipinski definition) is 1. The summed E-state index contributed by atoms with van der Waals surface area (Å²) in [5.41, 5.74) is 0. The van der Waals surface area contributed by atoms with Crippen LogP contribution in [0.3, 0.4) is 0 Å². The zero-order chi connectivity index (χ0) is 11.2. The summed E-state index contributed by atoms with van der Waals surface area (Å²) < 4.78 is 0. The highest BCUT2D eigenvalue weighted by Crippen LogP contribution is 2.05. The van der Waals surface area contributed by atoms with Crippen LogP contribution in [0.2, 0.25) is 0 Å². The van der Waals surface area contributed by atoms with Crippen LogP contribution in [-0.2, 0) is 0 Å². The van der Waals surface area contributed by atoms with E-state index in [4.69, 9.17) is 5.11 Å². The Balaban J connectivity index is 3.13. The molecule has 0 spiro atoms. The molecular weight excluding hydrogens is 184 g/mol. The number of rotatable bonds is 10. The highest BCUT2D eigenvalue weighted by Gasteiger charge is 1.85. The topological polar surface area (TPSA) is 20.2 Å². The van der Waals surface area contributed by atoms with Gasteiger partial charge in [-0.05, 0) is 25.7 Å². The van der Waals surface area contributed by atoms with Crippen molar-refractivity contribution >= 4 is 0 Å². The monoisotopic (exact) mass is 210 g/mol. The molecule has 0 saturated carbocycles. The maximum absolute atomic E-state index is 8.56. The molecule has 1 nitrogen and oxygen atoms in total. The molecule has 0 aromatic heterocycles. The molecule has 1 heteroatoms. The molecule has 0 bridgehead atoms. The van der Waals surface area contributed by atoms with Crippen molar-refractivity contribution in [2.24, 2.45) is 0 Å². The third-order valence-corrected chi connectivity index (χ3v) is 2.39. The first kappa shape index (κ1) is 14.4. The lowest BCUT2D eigenvalue weighted by Crippen LogP contribution is -1.77. The van der Waals surface area contributed by atoms with E-state index in [9.17, 15) is 0 Å². The molecule has 0 atom stereocenters. The summed E-state index contributed by atoms with van der Waals surface area (Å²) >= 11 is 0. The Bertz CT molecular complexity index is 159. The summed E-state index contributed by atoms with van der Waals surface area (Å²) in [5.74, 6) is 0. The largest absolute Gasteiger partial charge is 0.396 e. The average molecular weight is 210 g/mol. The van der Waals surface area contributed by atoms with Crippen molar-refractivity contribution in [1.82, 2.24) is 0 Å². The van der Waals surface area contributed by atoms with Crippen LogP contribution >= 0.6 is 0 Å². The fourth-order valence-electron chi connectivity index (χ4n) is 1.42. The highest BCUT2D eigenvalue weighted by atomic mass is 16.2.